The lowest BCUT2D eigenvalue weighted by atomic mass is 9.84. The van der Waals surface area contributed by atoms with E-state index < -0.39 is 0 Å². The van der Waals surface area contributed by atoms with Crippen molar-refractivity contribution in [3.63, 3.8) is 0 Å². The van der Waals surface area contributed by atoms with E-state index >= 15 is 0 Å². The molecule has 0 amide bonds. The maximum absolute atomic E-state index is 3.13. The van der Waals surface area contributed by atoms with Crippen molar-refractivity contribution in [3.8, 4) is 0 Å². The third kappa shape index (κ3) is 5.64. The molecule has 0 aromatic rings. The first-order valence-corrected chi connectivity index (χ1v) is 14.3. The average molecular weight is 417 g/mol. The largest absolute Gasteiger partial charge is 0.293 e. The Labute approximate surface area is 188 Å². The second-order valence-corrected chi connectivity index (χ2v) is 11.5. The van der Waals surface area contributed by atoms with Crippen LogP contribution in [0.5, 0.6) is 0 Å². The highest BCUT2D eigenvalue weighted by Gasteiger charge is 2.39. The van der Waals surface area contributed by atoms with Crippen molar-refractivity contribution in [3.05, 3.63) is 0 Å². The molecule has 0 aromatic carbocycles. The van der Waals surface area contributed by atoms with Gasteiger partial charge < -0.3 is 0 Å². The highest BCUT2D eigenvalue weighted by Crippen LogP contribution is 2.37. The first-order chi connectivity index (χ1) is 14.8. The zero-order chi connectivity index (χ0) is 20.8. The molecule has 0 spiro atoms. The van der Waals surface area contributed by atoms with Crippen LogP contribution in [0.25, 0.3) is 0 Å². The Bertz CT molecular complexity index is 387. The quantitative estimate of drug-likeness (QED) is 0.419. The van der Waals surface area contributed by atoms with Crippen LogP contribution in [0.15, 0.2) is 0 Å². The fourth-order valence-corrected chi connectivity index (χ4v) is 7.94. The molecule has 174 valence electrons. The van der Waals surface area contributed by atoms with Crippen LogP contribution in [0.3, 0.4) is 0 Å². The van der Waals surface area contributed by atoms with Crippen LogP contribution < -0.4 is 0 Å². The van der Waals surface area contributed by atoms with Gasteiger partial charge in [-0.2, -0.15) is 0 Å². The Kier molecular flexibility index (Phi) is 9.00. The fraction of sp³-hybridized carbons (Fsp3) is 1.00. The van der Waals surface area contributed by atoms with Crippen molar-refractivity contribution in [2.45, 2.75) is 179 Å². The smallest absolute Gasteiger partial charge is 0.0226 e. The molecule has 0 N–H and O–H groups in total. The molecule has 0 aliphatic heterocycles. The molecule has 4 aliphatic carbocycles. The van der Waals surface area contributed by atoms with Crippen molar-refractivity contribution < 1.29 is 0 Å². The zero-order valence-electron chi connectivity index (χ0n) is 20.5. The van der Waals surface area contributed by atoms with Crippen molar-refractivity contribution >= 4 is 0 Å². The standard InChI is InChI=1S/C28H52N2/c1-23(29(25-15-7-3-8-16-25)26-17-9-4-10-18-26)24(2)30(27-19-11-5-12-20-27)28-21-13-6-14-22-28/h23-28H,3-22H2,1-2H3/t23-,24-/m1/s1. The highest BCUT2D eigenvalue weighted by atomic mass is 15.3. The van der Waals surface area contributed by atoms with Gasteiger partial charge in [-0.05, 0) is 65.2 Å². The third-order valence-electron chi connectivity index (χ3n) is 9.62. The van der Waals surface area contributed by atoms with E-state index in [9.17, 15) is 0 Å². The topological polar surface area (TPSA) is 6.48 Å². The van der Waals surface area contributed by atoms with Crippen LogP contribution in [-0.4, -0.2) is 46.1 Å². The fourth-order valence-electron chi connectivity index (χ4n) is 7.94. The molecule has 4 saturated carbocycles. The molecule has 4 fully saturated rings. The van der Waals surface area contributed by atoms with E-state index in [2.05, 4.69) is 23.6 Å². The van der Waals surface area contributed by atoms with Crippen molar-refractivity contribution in [2.24, 2.45) is 0 Å². The lowest BCUT2D eigenvalue weighted by molar-refractivity contribution is -0.0330. The highest BCUT2D eigenvalue weighted by molar-refractivity contribution is 4.95. The van der Waals surface area contributed by atoms with Crippen LogP contribution in [0, 0.1) is 0 Å². The van der Waals surface area contributed by atoms with Gasteiger partial charge in [-0.3, -0.25) is 9.80 Å². The Balaban J connectivity index is 1.53. The number of hydrogen-bond donors (Lipinski definition) is 0. The van der Waals surface area contributed by atoms with Gasteiger partial charge in [0.15, 0.2) is 0 Å². The minimum atomic E-state index is 0.722. The normalized spacial score (nSPS) is 28.8. The molecule has 2 nitrogen and oxygen atoms in total. The SMILES string of the molecule is C[C@H]([C@@H](C)N(C1CCCCC1)C1CCCCC1)N(C1CCCCC1)C1CCCCC1. The molecule has 0 unspecified atom stereocenters. The number of nitrogens with zero attached hydrogens (tertiary/aromatic N) is 2. The minimum absolute atomic E-state index is 0.722. The Hall–Kier alpha value is -0.0800. The second-order valence-electron chi connectivity index (χ2n) is 11.5. The molecule has 0 saturated heterocycles. The molecule has 30 heavy (non-hydrogen) atoms. The van der Waals surface area contributed by atoms with E-state index in [1.54, 1.807) is 0 Å². The van der Waals surface area contributed by atoms with Gasteiger partial charge in [0.1, 0.15) is 0 Å². The first kappa shape index (κ1) is 23.1. The molecule has 4 aliphatic rings. The summed E-state index contributed by atoms with van der Waals surface area (Å²) in [6, 6.07) is 4.94. The third-order valence-corrected chi connectivity index (χ3v) is 9.62. The summed E-state index contributed by atoms with van der Waals surface area (Å²) in [5.41, 5.74) is 0. The number of hydrogen-bond acceptors (Lipinski definition) is 2. The van der Waals surface area contributed by atoms with Gasteiger partial charge in [-0.25, -0.2) is 0 Å². The Morgan fingerprint density at radius 1 is 0.367 bits per heavy atom. The molecular formula is C28H52N2. The van der Waals surface area contributed by atoms with E-state index in [1.807, 2.05) is 0 Å². The van der Waals surface area contributed by atoms with E-state index in [0.717, 1.165) is 36.3 Å². The molecule has 0 bridgehead atoms. The average Bonchev–Trinajstić information content (AvgIpc) is 2.82. The molecule has 4 rings (SSSR count). The summed E-state index contributed by atoms with van der Waals surface area (Å²) < 4.78 is 0. The van der Waals surface area contributed by atoms with Gasteiger partial charge in [0.2, 0.25) is 0 Å². The Morgan fingerprint density at radius 3 is 0.767 bits per heavy atom. The predicted octanol–water partition coefficient (Wildman–Crippen LogP) is 7.70. The lowest BCUT2D eigenvalue weighted by Gasteiger charge is -2.52. The van der Waals surface area contributed by atoms with Crippen LogP contribution in [-0.2, 0) is 0 Å². The first-order valence-electron chi connectivity index (χ1n) is 14.3. The monoisotopic (exact) mass is 416 g/mol. The maximum Gasteiger partial charge on any atom is 0.0226 e. The molecule has 2 heteroatoms. The van der Waals surface area contributed by atoms with E-state index in [1.165, 1.54) is 128 Å². The summed E-state index contributed by atoms with van der Waals surface area (Å²) in [5.74, 6) is 0. The second kappa shape index (κ2) is 11.7. The summed E-state index contributed by atoms with van der Waals surface area (Å²) in [6.07, 6.45) is 29.5. The number of rotatable bonds is 7. The van der Waals surface area contributed by atoms with E-state index in [0.29, 0.717) is 0 Å². The summed E-state index contributed by atoms with van der Waals surface area (Å²) >= 11 is 0. The van der Waals surface area contributed by atoms with Gasteiger partial charge >= 0.3 is 0 Å². The Morgan fingerprint density at radius 2 is 0.567 bits per heavy atom. The summed E-state index contributed by atoms with van der Waals surface area (Å²) in [5, 5.41) is 0. The van der Waals surface area contributed by atoms with Crippen molar-refractivity contribution in [1.29, 1.82) is 0 Å². The van der Waals surface area contributed by atoms with Crippen LogP contribution in [0.2, 0.25) is 0 Å². The van der Waals surface area contributed by atoms with Crippen LogP contribution in [0.1, 0.15) is 142 Å². The van der Waals surface area contributed by atoms with Gasteiger partial charge in [0.25, 0.3) is 0 Å². The van der Waals surface area contributed by atoms with Crippen LogP contribution >= 0.6 is 0 Å². The predicted molar refractivity (Wildman–Crippen MR) is 130 cm³/mol. The maximum atomic E-state index is 3.13. The van der Waals surface area contributed by atoms with Gasteiger partial charge in [-0.15, -0.1) is 0 Å². The molecular weight excluding hydrogens is 364 g/mol. The summed E-state index contributed by atoms with van der Waals surface area (Å²) in [7, 11) is 0. The molecule has 2 atom stereocenters. The summed E-state index contributed by atoms with van der Waals surface area (Å²) in [4.78, 5) is 6.25. The molecule has 0 radical (unpaired) electrons. The van der Waals surface area contributed by atoms with Crippen molar-refractivity contribution in [1.82, 2.24) is 9.80 Å². The lowest BCUT2D eigenvalue weighted by Crippen LogP contribution is -2.60. The van der Waals surface area contributed by atoms with Gasteiger partial charge in [0.05, 0.1) is 0 Å². The van der Waals surface area contributed by atoms with Crippen LogP contribution in [0.4, 0.5) is 0 Å². The molecule has 0 heterocycles. The zero-order valence-corrected chi connectivity index (χ0v) is 20.5. The van der Waals surface area contributed by atoms with Crippen molar-refractivity contribution in [2.75, 3.05) is 0 Å². The molecule has 0 aromatic heterocycles. The van der Waals surface area contributed by atoms with E-state index in [-0.39, 0.29) is 0 Å². The van der Waals surface area contributed by atoms with Gasteiger partial charge in [-0.1, -0.05) is 77.0 Å². The summed E-state index contributed by atoms with van der Waals surface area (Å²) in [6.45, 7) is 5.29. The minimum Gasteiger partial charge on any atom is -0.293 e. The van der Waals surface area contributed by atoms with E-state index in [4.69, 9.17) is 0 Å². The van der Waals surface area contributed by atoms with Gasteiger partial charge in [0, 0.05) is 36.3 Å².